The van der Waals surface area contributed by atoms with Gasteiger partial charge in [0.2, 0.25) is 0 Å². The van der Waals surface area contributed by atoms with Crippen LogP contribution in [0, 0.1) is 0 Å². The Hall–Kier alpha value is -0.610. The highest BCUT2D eigenvalue weighted by molar-refractivity contribution is 5.67. The third-order valence-electron chi connectivity index (χ3n) is 1.75. The number of hydrogen-bond donors (Lipinski definition) is 2. The molecule has 0 saturated heterocycles. The molecule has 0 spiro atoms. The Morgan fingerprint density at radius 2 is 2.23 bits per heavy atom. The normalized spacial score (nSPS) is 12.8. The van der Waals surface area contributed by atoms with Crippen molar-refractivity contribution in [3.8, 4) is 0 Å². The van der Waals surface area contributed by atoms with Gasteiger partial charge < -0.3 is 15.2 Å². The van der Waals surface area contributed by atoms with Crippen molar-refractivity contribution in [1.82, 2.24) is 5.32 Å². The predicted molar refractivity (Wildman–Crippen MR) is 50.8 cm³/mol. The van der Waals surface area contributed by atoms with Crippen LogP contribution in [0.25, 0.3) is 0 Å². The van der Waals surface area contributed by atoms with Crippen LogP contribution in [-0.4, -0.2) is 37.4 Å². The number of methoxy groups -OCH3 is 1. The summed E-state index contributed by atoms with van der Waals surface area (Å²) in [5, 5.41) is 11.6. The van der Waals surface area contributed by atoms with E-state index in [1.165, 1.54) is 0 Å². The average molecular weight is 189 g/mol. The van der Waals surface area contributed by atoms with Gasteiger partial charge in [-0.2, -0.15) is 0 Å². The molecular formula is C9H19NO3. The molecule has 78 valence electrons. The summed E-state index contributed by atoms with van der Waals surface area (Å²) in [5.41, 5.74) is 0. The molecule has 0 bridgehead atoms. The van der Waals surface area contributed by atoms with Crippen LogP contribution in [0.5, 0.6) is 0 Å². The molecule has 0 aliphatic carbocycles. The van der Waals surface area contributed by atoms with Crippen molar-refractivity contribution in [2.24, 2.45) is 0 Å². The van der Waals surface area contributed by atoms with Crippen LogP contribution in [0.1, 0.15) is 26.2 Å². The van der Waals surface area contributed by atoms with Crippen LogP contribution in [0.3, 0.4) is 0 Å². The lowest BCUT2D eigenvalue weighted by Crippen LogP contribution is -2.29. The van der Waals surface area contributed by atoms with E-state index in [9.17, 15) is 4.79 Å². The molecule has 0 saturated carbocycles. The third kappa shape index (κ3) is 9.30. The lowest BCUT2D eigenvalue weighted by atomic mass is 10.2. The Morgan fingerprint density at radius 1 is 1.54 bits per heavy atom. The first-order chi connectivity index (χ1) is 6.16. The standard InChI is InChI=1S/C9H19NO3/c1-8(7-9(11)12)10-5-3-4-6-13-2/h8,10H,3-7H2,1-2H3,(H,11,12). The Morgan fingerprint density at radius 3 is 2.77 bits per heavy atom. The smallest absolute Gasteiger partial charge is 0.304 e. The van der Waals surface area contributed by atoms with Gasteiger partial charge in [0.1, 0.15) is 0 Å². The quantitative estimate of drug-likeness (QED) is 0.556. The molecule has 1 atom stereocenters. The van der Waals surface area contributed by atoms with Gasteiger partial charge in [-0.25, -0.2) is 0 Å². The minimum Gasteiger partial charge on any atom is -0.481 e. The van der Waals surface area contributed by atoms with Gasteiger partial charge in [0.15, 0.2) is 0 Å². The van der Waals surface area contributed by atoms with Crippen molar-refractivity contribution in [3.05, 3.63) is 0 Å². The monoisotopic (exact) mass is 189 g/mol. The van der Waals surface area contributed by atoms with Crippen molar-refractivity contribution >= 4 is 5.97 Å². The maximum atomic E-state index is 10.3. The van der Waals surface area contributed by atoms with E-state index in [0.717, 1.165) is 26.0 Å². The summed E-state index contributed by atoms with van der Waals surface area (Å²) >= 11 is 0. The summed E-state index contributed by atoms with van der Waals surface area (Å²) in [4.78, 5) is 10.3. The number of carboxylic acid groups (broad SMARTS) is 1. The van der Waals surface area contributed by atoms with E-state index in [0.29, 0.717) is 0 Å². The topological polar surface area (TPSA) is 58.6 Å². The minimum atomic E-state index is -0.753. The molecule has 0 amide bonds. The highest BCUT2D eigenvalue weighted by Crippen LogP contribution is 1.92. The zero-order valence-corrected chi connectivity index (χ0v) is 8.38. The van der Waals surface area contributed by atoms with Gasteiger partial charge in [0, 0.05) is 19.8 Å². The van der Waals surface area contributed by atoms with Crippen molar-refractivity contribution in [1.29, 1.82) is 0 Å². The van der Waals surface area contributed by atoms with Crippen molar-refractivity contribution in [3.63, 3.8) is 0 Å². The van der Waals surface area contributed by atoms with Crippen LogP contribution >= 0.6 is 0 Å². The molecule has 0 fully saturated rings. The fourth-order valence-corrected chi connectivity index (χ4v) is 1.05. The Kier molecular flexibility index (Phi) is 7.63. The second kappa shape index (κ2) is 8.01. The second-order valence-corrected chi connectivity index (χ2v) is 3.15. The maximum absolute atomic E-state index is 10.3. The van der Waals surface area contributed by atoms with Crippen molar-refractivity contribution < 1.29 is 14.6 Å². The largest absolute Gasteiger partial charge is 0.481 e. The number of carboxylic acids is 1. The zero-order valence-electron chi connectivity index (χ0n) is 8.38. The van der Waals surface area contributed by atoms with E-state index in [2.05, 4.69) is 5.32 Å². The fraction of sp³-hybridized carbons (Fsp3) is 0.889. The number of rotatable bonds is 8. The molecule has 4 nitrogen and oxygen atoms in total. The van der Waals surface area contributed by atoms with E-state index in [1.807, 2.05) is 6.92 Å². The first-order valence-corrected chi connectivity index (χ1v) is 4.61. The molecule has 1 unspecified atom stereocenters. The fourth-order valence-electron chi connectivity index (χ4n) is 1.05. The number of unbranched alkanes of at least 4 members (excludes halogenated alkanes) is 1. The lowest BCUT2D eigenvalue weighted by Gasteiger charge is -2.10. The summed E-state index contributed by atoms with van der Waals surface area (Å²) in [5.74, 6) is -0.753. The van der Waals surface area contributed by atoms with Crippen LogP contribution in [0.4, 0.5) is 0 Å². The Balaban J connectivity index is 3.17. The van der Waals surface area contributed by atoms with E-state index < -0.39 is 5.97 Å². The van der Waals surface area contributed by atoms with Gasteiger partial charge in [0.05, 0.1) is 6.42 Å². The molecule has 0 aliphatic rings. The van der Waals surface area contributed by atoms with E-state index >= 15 is 0 Å². The third-order valence-corrected chi connectivity index (χ3v) is 1.75. The summed E-state index contributed by atoms with van der Waals surface area (Å²) in [7, 11) is 1.68. The molecule has 0 rings (SSSR count). The van der Waals surface area contributed by atoms with Gasteiger partial charge >= 0.3 is 5.97 Å². The molecule has 0 aromatic heterocycles. The molecule has 0 aromatic rings. The molecule has 2 N–H and O–H groups in total. The van der Waals surface area contributed by atoms with Crippen LogP contribution in [-0.2, 0) is 9.53 Å². The Bertz CT molecular complexity index is 139. The molecular weight excluding hydrogens is 170 g/mol. The second-order valence-electron chi connectivity index (χ2n) is 3.15. The number of hydrogen-bond acceptors (Lipinski definition) is 3. The molecule has 0 aliphatic heterocycles. The number of ether oxygens (including phenoxy) is 1. The Labute approximate surface area is 79.3 Å². The maximum Gasteiger partial charge on any atom is 0.304 e. The van der Waals surface area contributed by atoms with Crippen LogP contribution in [0.2, 0.25) is 0 Å². The van der Waals surface area contributed by atoms with E-state index in [4.69, 9.17) is 9.84 Å². The number of aliphatic carboxylic acids is 1. The van der Waals surface area contributed by atoms with Gasteiger partial charge in [-0.05, 0) is 26.3 Å². The molecule has 13 heavy (non-hydrogen) atoms. The SMILES string of the molecule is COCCCCNC(C)CC(=O)O. The zero-order chi connectivity index (χ0) is 10.1. The summed E-state index contributed by atoms with van der Waals surface area (Å²) < 4.78 is 4.89. The minimum absolute atomic E-state index is 0.0556. The highest BCUT2D eigenvalue weighted by Gasteiger charge is 2.05. The van der Waals surface area contributed by atoms with Gasteiger partial charge in [-0.1, -0.05) is 0 Å². The molecule has 0 radical (unpaired) electrons. The molecule has 0 heterocycles. The first kappa shape index (κ1) is 12.4. The average Bonchev–Trinajstić information content (AvgIpc) is 2.02. The molecule has 0 aromatic carbocycles. The van der Waals surface area contributed by atoms with Crippen molar-refractivity contribution in [2.45, 2.75) is 32.2 Å². The van der Waals surface area contributed by atoms with Gasteiger partial charge in [0.25, 0.3) is 0 Å². The van der Waals surface area contributed by atoms with Crippen LogP contribution < -0.4 is 5.32 Å². The predicted octanol–water partition coefficient (Wildman–Crippen LogP) is 0.866. The van der Waals surface area contributed by atoms with Gasteiger partial charge in [-0.15, -0.1) is 0 Å². The van der Waals surface area contributed by atoms with E-state index in [1.54, 1.807) is 7.11 Å². The first-order valence-electron chi connectivity index (χ1n) is 4.61. The summed E-state index contributed by atoms with van der Waals surface area (Å²) in [6, 6.07) is 0.0556. The number of carbonyl (C=O) groups is 1. The summed E-state index contributed by atoms with van der Waals surface area (Å²) in [6.45, 7) is 3.51. The number of nitrogens with one attached hydrogen (secondary N) is 1. The lowest BCUT2D eigenvalue weighted by molar-refractivity contribution is -0.137. The van der Waals surface area contributed by atoms with Gasteiger partial charge in [-0.3, -0.25) is 4.79 Å². The highest BCUT2D eigenvalue weighted by atomic mass is 16.5. The molecule has 4 heteroatoms. The van der Waals surface area contributed by atoms with Crippen molar-refractivity contribution in [2.75, 3.05) is 20.3 Å². The van der Waals surface area contributed by atoms with Crippen LogP contribution in [0.15, 0.2) is 0 Å². The summed E-state index contributed by atoms with van der Waals surface area (Å²) in [6.07, 6.45) is 2.23. The van der Waals surface area contributed by atoms with E-state index in [-0.39, 0.29) is 12.5 Å².